The Labute approximate surface area is 128 Å². The summed E-state index contributed by atoms with van der Waals surface area (Å²) in [5.74, 6) is -2.19. The summed E-state index contributed by atoms with van der Waals surface area (Å²) in [6.07, 6.45) is -0.296. The van der Waals surface area contributed by atoms with Crippen molar-refractivity contribution in [2.75, 3.05) is 6.54 Å². The number of hydrogen-bond acceptors (Lipinski definition) is 3. The zero-order chi connectivity index (χ0) is 16.5. The fourth-order valence-corrected chi connectivity index (χ4v) is 2.72. The number of hydrogen-bond donors (Lipinski definition) is 1. The van der Waals surface area contributed by atoms with E-state index >= 15 is 0 Å². The van der Waals surface area contributed by atoms with Gasteiger partial charge in [0.05, 0.1) is 0 Å². The Balaban J connectivity index is 2.27. The first-order valence-electron chi connectivity index (χ1n) is 7.17. The van der Waals surface area contributed by atoms with Crippen LogP contribution in [-0.4, -0.2) is 40.3 Å². The number of aliphatic carboxylic acids is 1. The van der Waals surface area contributed by atoms with E-state index in [1.165, 1.54) is 11.0 Å². The Morgan fingerprint density at radius 3 is 2.50 bits per heavy atom. The number of ether oxygens (including phenoxy) is 1. The van der Waals surface area contributed by atoms with Crippen molar-refractivity contribution in [1.82, 2.24) is 4.90 Å². The summed E-state index contributed by atoms with van der Waals surface area (Å²) >= 11 is 0. The SMILES string of the molecule is CC(C)(C)OC(=O)N1CCC(c2ccccc2F)C1C(=O)O. The first kappa shape index (κ1) is 16.3. The normalized spacial score (nSPS) is 21.7. The number of likely N-dealkylation sites (tertiary alicyclic amines) is 1. The minimum absolute atomic E-state index is 0.227. The van der Waals surface area contributed by atoms with E-state index in [1.807, 2.05) is 0 Å². The highest BCUT2D eigenvalue weighted by molar-refractivity contribution is 5.82. The predicted molar refractivity (Wildman–Crippen MR) is 78.1 cm³/mol. The second-order valence-corrected chi connectivity index (χ2v) is 6.37. The van der Waals surface area contributed by atoms with Crippen LogP contribution >= 0.6 is 0 Å². The summed E-state index contributed by atoms with van der Waals surface area (Å²) in [4.78, 5) is 25.0. The molecule has 0 radical (unpaired) electrons. The molecule has 1 fully saturated rings. The fraction of sp³-hybridized carbons (Fsp3) is 0.500. The molecule has 1 aliphatic rings. The van der Waals surface area contributed by atoms with Crippen LogP contribution in [0.5, 0.6) is 0 Å². The number of nitrogens with zero attached hydrogens (tertiary/aromatic N) is 1. The second-order valence-electron chi connectivity index (χ2n) is 6.37. The van der Waals surface area contributed by atoms with Gasteiger partial charge in [0, 0.05) is 12.5 Å². The number of halogens is 1. The smallest absolute Gasteiger partial charge is 0.411 e. The van der Waals surface area contributed by atoms with E-state index in [9.17, 15) is 19.1 Å². The zero-order valence-electron chi connectivity index (χ0n) is 12.9. The average molecular weight is 309 g/mol. The molecule has 120 valence electrons. The lowest BCUT2D eigenvalue weighted by molar-refractivity contribution is -0.142. The number of rotatable bonds is 2. The third-order valence-electron chi connectivity index (χ3n) is 3.58. The van der Waals surface area contributed by atoms with E-state index in [1.54, 1.807) is 39.0 Å². The van der Waals surface area contributed by atoms with E-state index in [2.05, 4.69) is 0 Å². The molecular formula is C16H20FNO4. The fourth-order valence-electron chi connectivity index (χ4n) is 2.72. The first-order chi connectivity index (χ1) is 10.2. The van der Waals surface area contributed by atoms with Gasteiger partial charge in [-0.1, -0.05) is 18.2 Å². The van der Waals surface area contributed by atoms with Crippen LogP contribution in [0.1, 0.15) is 38.7 Å². The summed E-state index contributed by atoms with van der Waals surface area (Å²) in [7, 11) is 0. The lowest BCUT2D eigenvalue weighted by atomic mass is 9.91. The third kappa shape index (κ3) is 3.37. The summed E-state index contributed by atoms with van der Waals surface area (Å²) in [5, 5.41) is 9.48. The van der Waals surface area contributed by atoms with Crippen molar-refractivity contribution in [3.05, 3.63) is 35.6 Å². The molecule has 22 heavy (non-hydrogen) atoms. The highest BCUT2D eigenvalue weighted by Gasteiger charge is 2.44. The Kier molecular flexibility index (Phi) is 4.39. The first-order valence-corrected chi connectivity index (χ1v) is 7.17. The van der Waals surface area contributed by atoms with Gasteiger partial charge in [-0.2, -0.15) is 0 Å². The molecule has 2 atom stereocenters. The molecule has 0 spiro atoms. The van der Waals surface area contributed by atoms with Crippen LogP contribution in [0.25, 0.3) is 0 Å². The largest absolute Gasteiger partial charge is 0.480 e. The molecule has 0 aliphatic carbocycles. The summed E-state index contributed by atoms with van der Waals surface area (Å²) in [5.41, 5.74) is -0.392. The molecular weight excluding hydrogens is 289 g/mol. The van der Waals surface area contributed by atoms with Crippen LogP contribution in [0.15, 0.2) is 24.3 Å². The second kappa shape index (κ2) is 5.94. The molecule has 0 bridgehead atoms. The van der Waals surface area contributed by atoms with Crippen LogP contribution in [0, 0.1) is 5.82 Å². The van der Waals surface area contributed by atoms with E-state index in [0.29, 0.717) is 12.0 Å². The maximum Gasteiger partial charge on any atom is 0.411 e. The van der Waals surface area contributed by atoms with Crippen molar-refractivity contribution in [2.24, 2.45) is 0 Å². The minimum atomic E-state index is -1.16. The number of carboxylic acids is 1. The Hall–Kier alpha value is -2.11. The molecule has 2 unspecified atom stereocenters. The predicted octanol–water partition coefficient (Wildman–Crippen LogP) is 3.00. The van der Waals surface area contributed by atoms with E-state index in [4.69, 9.17) is 4.74 Å². The van der Waals surface area contributed by atoms with Gasteiger partial charge in [0.2, 0.25) is 0 Å². The number of amides is 1. The van der Waals surface area contributed by atoms with Gasteiger partial charge in [-0.25, -0.2) is 14.0 Å². The maximum absolute atomic E-state index is 13.9. The van der Waals surface area contributed by atoms with Crippen molar-refractivity contribution in [2.45, 2.75) is 44.8 Å². The molecule has 5 nitrogen and oxygen atoms in total. The molecule has 1 aromatic rings. The molecule has 0 aromatic heterocycles. The lowest BCUT2D eigenvalue weighted by Crippen LogP contribution is -2.45. The molecule has 1 heterocycles. The number of carbonyl (C=O) groups excluding carboxylic acids is 1. The van der Waals surface area contributed by atoms with Gasteiger partial charge in [0.15, 0.2) is 0 Å². The van der Waals surface area contributed by atoms with Gasteiger partial charge in [-0.15, -0.1) is 0 Å². The summed E-state index contributed by atoms with van der Waals surface area (Å²) in [6.45, 7) is 5.37. The van der Waals surface area contributed by atoms with Gasteiger partial charge in [0.1, 0.15) is 17.5 Å². The zero-order valence-corrected chi connectivity index (χ0v) is 12.9. The summed E-state index contributed by atoms with van der Waals surface area (Å²) in [6, 6.07) is 4.95. The molecule has 2 rings (SSSR count). The number of carbonyl (C=O) groups is 2. The van der Waals surface area contributed by atoms with E-state index in [0.717, 1.165) is 0 Å². The maximum atomic E-state index is 13.9. The molecule has 1 saturated heterocycles. The van der Waals surface area contributed by atoms with Crippen LogP contribution in [0.4, 0.5) is 9.18 Å². The van der Waals surface area contributed by atoms with Gasteiger partial charge in [-0.05, 0) is 38.8 Å². The Morgan fingerprint density at radius 2 is 1.95 bits per heavy atom. The molecule has 1 aromatic carbocycles. The quantitative estimate of drug-likeness (QED) is 0.912. The van der Waals surface area contributed by atoms with Gasteiger partial charge >= 0.3 is 12.1 Å². The van der Waals surface area contributed by atoms with Crippen molar-refractivity contribution in [3.8, 4) is 0 Å². The number of carboxylic acid groups (broad SMARTS) is 1. The standard InChI is InChI=1S/C16H20FNO4/c1-16(2,3)22-15(21)18-9-8-11(13(18)14(19)20)10-6-4-5-7-12(10)17/h4-7,11,13H,8-9H2,1-3H3,(H,19,20). The summed E-state index contributed by atoms with van der Waals surface area (Å²) < 4.78 is 19.2. The van der Waals surface area contributed by atoms with E-state index in [-0.39, 0.29) is 6.54 Å². The number of benzene rings is 1. The van der Waals surface area contributed by atoms with Gasteiger partial charge in [0.25, 0.3) is 0 Å². The highest BCUT2D eigenvalue weighted by atomic mass is 19.1. The molecule has 0 saturated carbocycles. The van der Waals surface area contributed by atoms with Crippen molar-refractivity contribution in [1.29, 1.82) is 0 Å². The van der Waals surface area contributed by atoms with Crippen molar-refractivity contribution >= 4 is 12.1 Å². The van der Waals surface area contributed by atoms with E-state index < -0.39 is 35.4 Å². The molecule has 1 amide bonds. The monoisotopic (exact) mass is 309 g/mol. The Morgan fingerprint density at radius 1 is 1.32 bits per heavy atom. The highest BCUT2D eigenvalue weighted by Crippen LogP contribution is 2.35. The minimum Gasteiger partial charge on any atom is -0.480 e. The van der Waals surface area contributed by atoms with Crippen molar-refractivity contribution in [3.63, 3.8) is 0 Å². The average Bonchev–Trinajstić information content (AvgIpc) is 2.82. The van der Waals surface area contributed by atoms with Crippen LogP contribution < -0.4 is 0 Å². The molecule has 1 aliphatic heterocycles. The van der Waals surface area contributed by atoms with Crippen LogP contribution in [0.3, 0.4) is 0 Å². The lowest BCUT2D eigenvalue weighted by Gasteiger charge is -2.28. The Bertz CT molecular complexity index is 582. The van der Waals surface area contributed by atoms with Crippen molar-refractivity contribution < 1.29 is 23.8 Å². The topological polar surface area (TPSA) is 66.8 Å². The van der Waals surface area contributed by atoms with Crippen LogP contribution in [0.2, 0.25) is 0 Å². The molecule has 1 N–H and O–H groups in total. The van der Waals surface area contributed by atoms with Crippen LogP contribution in [-0.2, 0) is 9.53 Å². The molecule has 6 heteroatoms. The van der Waals surface area contributed by atoms with Gasteiger partial charge < -0.3 is 9.84 Å². The van der Waals surface area contributed by atoms with Gasteiger partial charge in [-0.3, -0.25) is 4.90 Å². The third-order valence-corrected chi connectivity index (χ3v) is 3.58.